The molecule has 0 radical (unpaired) electrons. The highest BCUT2D eigenvalue weighted by Crippen LogP contribution is 2.22. The van der Waals surface area contributed by atoms with Crippen molar-refractivity contribution in [3.63, 3.8) is 0 Å². The Hall–Kier alpha value is -2.20. The maximum absolute atomic E-state index is 13.1. The number of likely N-dealkylation sites (N-methyl/N-ethyl adjacent to an activating group) is 1. The molecule has 0 spiro atoms. The highest BCUT2D eigenvalue weighted by atomic mass is 16.2. The number of carbonyl (C=O) groups is 1. The lowest BCUT2D eigenvalue weighted by molar-refractivity contribution is -0.132. The summed E-state index contributed by atoms with van der Waals surface area (Å²) in [4.78, 5) is 21.6. The Labute approximate surface area is 144 Å². The molecule has 2 aromatic rings. The summed E-state index contributed by atoms with van der Waals surface area (Å²) in [6, 6.07) is 16.0. The summed E-state index contributed by atoms with van der Waals surface area (Å²) >= 11 is 0. The molecule has 1 fully saturated rings. The largest absolute Gasteiger partial charge is 0.339 e. The van der Waals surface area contributed by atoms with Crippen LogP contribution < -0.4 is 0 Å². The molecule has 1 unspecified atom stereocenters. The molecular formula is C20H25N3O. The van der Waals surface area contributed by atoms with Gasteiger partial charge < -0.3 is 9.80 Å². The number of pyridine rings is 1. The van der Waals surface area contributed by atoms with E-state index in [1.54, 1.807) is 11.1 Å². The van der Waals surface area contributed by atoms with E-state index in [0.717, 1.165) is 30.9 Å². The molecule has 1 saturated heterocycles. The zero-order chi connectivity index (χ0) is 16.8. The Balaban J connectivity index is 1.74. The fraction of sp³-hybridized carbons (Fsp3) is 0.400. The van der Waals surface area contributed by atoms with Crippen LogP contribution in [0.1, 0.15) is 30.0 Å². The smallest absolute Gasteiger partial charge is 0.231 e. The van der Waals surface area contributed by atoms with Crippen molar-refractivity contribution < 1.29 is 4.79 Å². The lowest BCUT2D eigenvalue weighted by Crippen LogP contribution is -2.37. The Morgan fingerprint density at radius 3 is 2.50 bits per heavy atom. The molecule has 1 aromatic heterocycles. The molecular weight excluding hydrogens is 298 g/mol. The third kappa shape index (κ3) is 4.20. The molecule has 0 N–H and O–H groups in total. The second-order valence-corrected chi connectivity index (χ2v) is 6.49. The van der Waals surface area contributed by atoms with Crippen LogP contribution in [-0.4, -0.2) is 47.4 Å². The van der Waals surface area contributed by atoms with E-state index in [0.29, 0.717) is 6.54 Å². The van der Waals surface area contributed by atoms with Crippen molar-refractivity contribution in [3.05, 3.63) is 66.0 Å². The van der Waals surface area contributed by atoms with Crippen molar-refractivity contribution in [1.29, 1.82) is 0 Å². The summed E-state index contributed by atoms with van der Waals surface area (Å²) in [5.74, 6) is 0.0526. The van der Waals surface area contributed by atoms with Gasteiger partial charge in [0.15, 0.2) is 0 Å². The van der Waals surface area contributed by atoms with Crippen molar-refractivity contribution in [2.24, 2.45) is 0 Å². The van der Waals surface area contributed by atoms with Gasteiger partial charge in [-0.3, -0.25) is 9.78 Å². The van der Waals surface area contributed by atoms with Gasteiger partial charge in [0.1, 0.15) is 0 Å². The number of nitrogens with zero attached hydrogens (tertiary/aromatic N) is 3. The zero-order valence-electron chi connectivity index (χ0n) is 14.3. The van der Waals surface area contributed by atoms with E-state index in [2.05, 4.69) is 22.0 Å². The third-order valence-corrected chi connectivity index (χ3v) is 4.64. The molecule has 0 bridgehead atoms. The monoisotopic (exact) mass is 323 g/mol. The van der Waals surface area contributed by atoms with Crippen LogP contribution >= 0.6 is 0 Å². The van der Waals surface area contributed by atoms with Crippen LogP contribution in [0.4, 0.5) is 0 Å². The molecule has 1 atom stereocenters. The molecule has 3 rings (SSSR count). The molecule has 4 heteroatoms. The topological polar surface area (TPSA) is 36.4 Å². The van der Waals surface area contributed by atoms with Crippen LogP contribution in [0.5, 0.6) is 0 Å². The van der Waals surface area contributed by atoms with E-state index in [1.165, 1.54) is 12.8 Å². The summed E-state index contributed by atoms with van der Waals surface area (Å²) in [5, 5.41) is 0. The third-order valence-electron chi connectivity index (χ3n) is 4.64. The Kier molecular flexibility index (Phi) is 5.59. The Morgan fingerprint density at radius 2 is 1.83 bits per heavy atom. The average Bonchev–Trinajstić information content (AvgIpc) is 3.14. The van der Waals surface area contributed by atoms with E-state index >= 15 is 0 Å². The maximum Gasteiger partial charge on any atom is 0.231 e. The van der Waals surface area contributed by atoms with Gasteiger partial charge in [-0.05, 0) is 43.6 Å². The summed E-state index contributed by atoms with van der Waals surface area (Å²) in [7, 11) is 1.87. The number of amides is 1. The average molecular weight is 323 g/mol. The minimum atomic E-state index is -0.113. The van der Waals surface area contributed by atoms with Gasteiger partial charge in [0.25, 0.3) is 0 Å². The van der Waals surface area contributed by atoms with Gasteiger partial charge in [0.2, 0.25) is 5.91 Å². The summed E-state index contributed by atoms with van der Waals surface area (Å²) in [6.07, 6.45) is 4.24. The van der Waals surface area contributed by atoms with Gasteiger partial charge in [-0.25, -0.2) is 0 Å². The fourth-order valence-electron chi connectivity index (χ4n) is 3.31. The van der Waals surface area contributed by atoms with Crippen LogP contribution in [0.2, 0.25) is 0 Å². The second kappa shape index (κ2) is 8.06. The zero-order valence-corrected chi connectivity index (χ0v) is 14.3. The standard InChI is InChI=1S/C20H25N3O/c1-22(15-18-11-5-6-12-21-18)20(24)19(16-23-13-7-8-14-23)17-9-3-2-4-10-17/h2-6,9-12,19H,7-8,13-16H2,1H3. The fourth-order valence-corrected chi connectivity index (χ4v) is 3.31. The molecule has 126 valence electrons. The number of carbonyl (C=O) groups excluding carboxylic acids is 1. The summed E-state index contributed by atoms with van der Waals surface area (Å²) < 4.78 is 0. The first-order chi connectivity index (χ1) is 11.7. The maximum atomic E-state index is 13.1. The number of benzene rings is 1. The first kappa shape index (κ1) is 16.7. The number of likely N-dealkylation sites (tertiary alicyclic amines) is 1. The van der Waals surface area contributed by atoms with E-state index in [9.17, 15) is 4.79 Å². The molecule has 2 heterocycles. The van der Waals surface area contributed by atoms with Gasteiger partial charge >= 0.3 is 0 Å². The SMILES string of the molecule is CN(Cc1ccccn1)C(=O)C(CN1CCCC1)c1ccccc1. The van der Waals surface area contributed by atoms with Crippen LogP contribution in [-0.2, 0) is 11.3 Å². The van der Waals surface area contributed by atoms with Crippen LogP contribution in [0, 0.1) is 0 Å². The van der Waals surface area contributed by atoms with Crippen molar-refractivity contribution in [2.45, 2.75) is 25.3 Å². The van der Waals surface area contributed by atoms with E-state index in [1.807, 2.05) is 43.4 Å². The van der Waals surface area contributed by atoms with Gasteiger partial charge in [-0.15, -0.1) is 0 Å². The lowest BCUT2D eigenvalue weighted by Gasteiger charge is -2.27. The quantitative estimate of drug-likeness (QED) is 0.820. The molecule has 1 aromatic carbocycles. The van der Waals surface area contributed by atoms with E-state index in [4.69, 9.17) is 0 Å². The molecule has 1 aliphatic rings. The Morgan fingerprint density at radius 1 is 1.12 bits per heavy atom. The number of aromatic nitrogens is 1. The highest BCUT2D eigenvalue weighted by molar-refractivity contribution is 5.83. The van der Waals surface area contributed by atoms with Crippen LogP contribution in [0.25, 0.3) is 0 Å². The molecule has 4 nitrogen and oxygen atoms in total. The molecule has 0 aliphatic carbocycles. The Bertz CT molecular complexity index is 638. The molecule has 1 aliphatic heterocycles. The predicted molar refractivity (Wildman–Crippen MR) is 95.6 cm³/mol. The molecule has 0 saturated carbocycles. The van der Waals surface area contributed by atoms with E-state index in [-0.39, 0.29) is 11.8 Å². The number of hydrogen-bond donors (Lipinski definition) is 0. The first-order valence-electron chi connectivity index (χ1n) is 8.66. The number of rotatable bonds is 6. The van der Waals surface area contributed by atoms with Crippen molar-refractivity contribution in [2.75, 3.05) is 26.7 Å². The number of hydrogen-bond acceptors (Lipinski definition) is 3. The van der Waals surface area contributed by atoms with Crippen molar-refractivity contribution in [1.82, 2.24) is 14.8 Å². The summed E-state index contributed by atoms with van der Waals surface area (Å²) in [6.45, 7) is 3.54. The van der Waals surface area contributed by atoms with E-state index < -0.39 is 0 Å². The minimum absolute atomic E-state index is 0.113. The van der Waals surface area contributed by atoms with Gasteiger partial charge in [-0.1, -0.05) is 36.4 Å². The molecule has 24 heavy (non-hydrogen) atoms. The van der Waals surface area contributed by atoms with Crippen LogP contribution in [0.15, 0.2) is 54.7 Å². The highest BCUT2D eigenvalue weighted by Gasteiger charge is 2.27. The van der Waals surface area contributed by atoms with Crippen LogP contribution in [0.3, 0.4) is 0 Å². The van der Waals surface area contributed by atoms with Gasteiger partial charge in [0, 0.05) is 19.8 Å². The minimum Gasteiger partial charge on any atom is -0.339 e. The predicted octanol–water partition coefficient (Wildman–Crippen LogP) is 2.92. The second-order valence-electron chi connectivity index (χ2n) is 6.49. The molecule has 1 amide bonds. The first-order valence-corrected chi connectivity index (χ1v) is 8.66. The lowest BCUT2D eigenvalue weighted by atomic mass is 9.97. The summed E-state index contributed by atoms with van der Waals surface area (Å²) in [5.41, 5.74) is 2.02. The van der Waals surface area contributed by atoms with Crippen molar-refractivity contribution in [3.8, 4) is 0 Å². The van der Waals surface area contributed by atoms with Crippen molar-refractivity contribution >= 4 is 5.91 Å². The van der Waals surface area contributed by atoms with Gasteiger partial charge in [-0.2, -0.15) is 0 Å². The van der Waals surface area contributed by atoms with Gasteiger partial charge in [0.05, 0.1) is 18.2 Å². The normalized spacial score (nSPS) is 16.0.